The van der Waals surface area contributed by atoms with Gasteiger partial charge in [-0.2, -0.15) is 0 Å². The molecule has 19 heavy (non-hydrogen) atoms. The molecular formula is C16H27NO2. The molecule has 0 fully saturated rings. The van der Waals surface area contributed by atoms with Gasteiger partial charge >= 0.3 is 0 Å². The maximum atomic E-state index is 5.52. The van der Waals surface area contributed by atoms with Crippen LogP contribution in [0.2, 0.25) is 0 Å². The van der Waals surface area contributed by atoms with Gasteiger partial charge in [0.1, 0.15) is 0 Å². The van der Waals surface area contributed by atoms with Crippen LogP contribution in [-0.4, -0.2) is 19.3 Å². The molecule has 1 N–H and O–H groups in total. The van der Waals surface area contributed by atoms with Gasteiger partial charge in [-0.25, -0.2) is 0 Å². The van der Waals surface area contributed by atoms with Crippen LogP contribution in [-0.2, 0) is 6.54 Å². The first-order valence-corrected chi connectivity index (χ1v) is 7.07. The standard InChI is InChI=1S/C16H27NO2/c1-6-10-16(3,4)17-12-13-8-9-14(19-7-2)15(11-13)18-5/h8-9,11,17H,6-7,10,12H2,1-5H3. The molecule has 0 spiro atoms. The van der Waals surface area contributed by atoms with E-state index in [2.05, 4.69) is 32.2 Å². The van der Waals surface area contributed by atoms with Crippen LogP contribution in [0.1, 0.15) is 46.1 Å². The van der Waals surface area contributed by atoms with Crippen LogP contribution in [0.15, 0.2) is 18.2 Å². The van der Waals surface area contributed by atoms with Crippen molar-refractivity contribution in [2.45, 2.75) is 52.6 Å². The quantitative estimate of drug-likeness (QED) is 0.776. The second-order valence-electron chi connectivity index (χ2n) is 5.41. The van der Waals surface area contributed by atoms with Crippen LogP contribution >= 0.6 is 0 Å². The third-order valence-electron chi connectivity index (χ3n) is 3.17. The highest BCUT2D eigenvalue weighted by Gasteiger charge is 2.15. The maximum absolute atomic E-state index is 5.52. The maximum Gasteiger partial charge on any atom is 0.161 e. The molecule has 108 valence electrons. The van der Waals surface area contributed by atoms with E-state index < -0.39 is 0 Å². The molecule has 0 heterocycles. The lowest BCUT2D eigenvalue weighted by Crippen LogP contribution is -2.38. The van der Waals surface area contributed by atoms with Crippen molar-refractivity contribution in [1.82, 2.24) is 5.32 Å². The van der Waals surface area contributed by atoms with E-state index in [1.165, 1.54) is 18.4 Å². The van der Waals surface area contributed by atoms with Gasteiger partial charge in [-0.15, -0.1) is 0 Å². The Labute approximate surface area is 117 Å². The van der Waals surface area contributed by atoms with Crippen LogP contribution in [0.25, 0.3) is 0 Å². The molecule has 1 rings (SSSR count). The van der Waals surface area contributed by atoms with Gasteiger partial charge in [-0.05, 0) is 44.9 Å². The summed E-state index contributed by atoms with van der Waals surface area (Å²) in [5.41, 5.74) is 1.38. The van der Waals surface area contributed by atoms with Gasteiger partial charge in [0, 0.05) is 12.1 Å². The summed E-state index contributed by atoms with van der Waals surface area (Å²) in [6, 6.07) is 6.11. The second kappa shape index (κ2) is 7.39. The fourth-order valence-electron chi connectivity index (χ4n) is 2.15. The Morgan fingerprint density at radius 1 is 1.16 bits per heavy atom. The zero-order valence-corrected chi connectivity index (χ0v) is 12.9. The van der Waals surface area contributed by atoms with E-state index in [1.807, 2.05) is 19.1 Å². The minimum Gasteiger partial charge on any atom is -0.493 e. The van der Waals surface area contributed by atoms with Gasteiger partial charge < -0.3 is 14.8 Å². The summed E-state index contributed by atoms with van der Waals surface area (Å²) < 4.78 is 10.9. The van der Waals surface area contributed by atoms with Crippen molar-refractivity contribution in [3.8, 4) is 11.5 Å². The highest BCUT2D eigenvalue weighted by Crippen LogP contribution is 2.28. The van der Waals surface area contributed by atoms with Crippen molar-refractivity contribution in [2.24, 2.45) is 0 Å². The van der Waals surface area contributed by atoms with Gasteiger partial charge in [0.25, 0.3) is 0 Å². The van der Waals surface area contributed by atoms with Crippen LogP contribution in [0.3, 0.4) is 0 Å². The number of rotatable bonds is 8. The molecule has 0 aliphatic rings. The molecule has 3 heteroatoms. The van der Waals surface area contributed by atoms with E-state index in [0.29, 0.717) is 6.61 Å². The zero-order chi connectivity index (χ0) is 14.3. The molecule has 0 aliphatic carbocycles. The average Bonchev–Trinajstić information content (AvgIpc) is 2.38. The Morgan fingerprint density at radius 3 is 2.47 bits per heavy atom. The van der Waals surface area contributed by atoms with E-state index in [-0.39, 0.29) is 5.54 Å². The van der Waals surface area contributed by atoms with E-state index in [1.54, 1.807) is 7.11 Å². The molecule has 0 saturated heterocycles. The van der Waals surface area contributed by atoms with Crippen molar-refractivity contribution in [3.05, 3.63) is 23.8 Å². The third kappa shape index (κ3) is 5.11. The second-order valence-corrected chi connectivity index (χ2v) is 5.41. The van der Waals surface area contributed by atoms with Gasteiger partial charge in [0.15, 0.2) is 11.5 Å². The Kier molecular flexibility index (Phi) is 6.16. The minimum atomic E-state index is 0.167. The van der Waals surface area contributed by atoms with Crippen LogP contribution in [0.5, 0.6) is 11.5 Å². The van der Waals surface area contributed by atoms with Crippen LogP contribution < -0.4 is 14.8 Å². The number of methoxy groups -OCH3 is 1. The predicted octanol–water partition coefficient (Wildman–Crippen LogP) is 3.76. The summed E-state index contributed by atoms with van der Waals surface area (Å²) in [4.78, 5) is 0. The Balaban J connectivity index is 2.69. The lowest BCUT2D eigenvalue weighted by Gasteiger charge is -2.26. The topological polar surface area (TPSA) is 30.5 Å². The third-order valence-corrected chi connectivity index (χ3v) is 3.17. The molecular weight excluding hydrogens is 238 g/mol. The Bertz CT molecular complexity index is 388. The fraction of sp³-hybridized carbons (Fsp3) is 0.625. The summed E-state index contributed by atoms with van der Waals surface area (Å²) in [6.45, 7) is 10.2. The van der Waals surface area contributed by atoms with Crippen LogP contribution in [0.4, 0.5) is 0 Å². The van der Waals surface area contributed by atoms with Gasteiger partial charge in [-0.3, -0.25) is 0 Å². The first kappa shape index (κ1) is 15.8. The molecule has 0 amide bonds. The molecule has 0 aliphatic heterocycles. The van der Waals surface area contributed by atoms with Gasteiger partial charge in [0.05, 0.1) is 13.7 Å². The number of hydrogen-bond acceptors (Lipinski definition) is 3. The van der Waals surface area contributed by atoms with Crippen molar-refractivity contribution in [2.75, 3.05) is 13.7 Å². The molecule has 0 bridgehead atoms. The van der Waals surface area contributed by atoms with E-state index >= 15 is 0 Å². The van der Waals surface area contributed by atoms with Crippen molar-refractivity contribution in [1.29, 1.82) is 0 Å². The molecule has 1 aromatic carbocycles. The fourth-order valence-corrected chi connectivity index (χ4v) is 2.15. The number of ether oxygens (including phenoxy) is 2. The van der Waals surface area contributed by atoms with Crippen LogP contribution in [0, 0.1) is 0 Å². The molecule has 0 atom stereocenters. The summed E-state index contributed by atoms with van der Waals surface area (Å²) in [5.74, 6) is 1.61. The SMILES string of the molecule is CCCC(C)(C)NCc1ccc(OCC)c(OC)c1. The number of benzene rings is 1. The molecule has 1 aromatic rings. The molecule has 0 radical (unpaired) electrons. The predicted molar refractivity (Wildman–Crippen MR) is 80.0 cm³/mol. The van der Waals surface area contributed by atoms with E-state index in [9.17, 15) is 0 Å². The largest absolute Gasteiger partial charge is 0.493 e. The molecule has 3 nitrogen and oxygen atoms in total. The first-order valence-electron chi connectivity index (χ1n) is 7.07. The zero-order valence-electron chi connectivity index (χ0n) is 12.9. The Hall–Kier alpha value is -1.22. The minimum absolute atomic E-state index is 0.167. The normalized spacial score (nSPS) is 11.4. The van der Waals surface area contributed by atoms with Crippen molar-refractivity contribution < 1.29 is 9.47 Å². The van der Waals surface area contributed by atoms with Gasteiger partial charge in [0.2, 0.25) is 0 Å². The number of nitrogens with one attached hydrogen (secondary N) is 1. The average molecular weight is 265 g/mol. The lowest BCUT2D eigenvalue weighted by molar-refractivity contribution is 0.310. The highest BCUT2D eigenvalue weighted by molar-refractivity contribution is 5.42. The summed E-state index contributed by atoms with van der Waals surface area (Å²) >= 11 is 0. The highest BCUT2D eigenvalue weighted by atomic mass is 16.5. The smallest absolute Gasteiger partial charge is 0.161 e. The molecule has 0 aromatic heterocycles. The van der Waals surface area contributed by atoms with E-state index in [4.69, 9.17) is 9.47 Å². The first-order chi connectivity index (χ1) is 9.02. The Morgan fingerprint density at radius 2 is 1.89 bits per heavy atom. The van der Waals surface area contributed by atoms with Crippen molar-refractivity contribution in [3.63, 3.8) is 0 Å². The summed E-state index contributed by atoms with van der Waals surface area (Å²) in [6.07, 6.45) is 2.35. The molecule has 0 saturated carbocycles. The summed E-state index contributed by atoms with van der Waals surface area (Å²) in [5, 5.41) is 3.58. The van der Waals surface area contributed by atoms with Crippen molar-refractivity contribution >= 4 is 0 Å². The molecule has 0 unspecified atom stereocenters. The monoisotopic (exact) mass is 265 g/mol. The van der Waals surface area contributed by atoms with Gasteiger partial charge in [-0.1, -0.05) is 19.4 Å². The summed E-state index contributed by atoms with van der Waals surface area (Å²) in [7, 11) is 1.68. The lowest BCUT2D eigenvalue weighted by atomic mass is 9.98. The van der Waals surface area contributed by atoms with E-state index in [0.717, 1.165) is 18.0 Å². The number of hydrogen-bond donors (Lipinski definition) is 1.